The molecule has 208 valence electrons. The van der Waals surface area contributed by atoms with Crippen LogP contribution < -0.4 is 10.6 Å². The second-order valence-corrected chi connectivity index (χ2v) is 9.54. The van der Waals surface area contributed by atoms with Crippen LogP contribution in [-0.2, 0) is 28.7 Å². The van der Waals surface area contributed by atoms with Crippen LogP contribution in [0.2, 0.25) is 0 Å². The fourth-order valence-corrected chi connectivity index (χ4v) is 4.13. The molecule has 1 aliphatic rings. The molecule has 0 aromatic heterocycles. The molecule has 0 aromatic carbocycles. The molecule has 0 aliphatic carbocycles. The number of cyclic esters (lactones) is 2. The van der Waals surface area contributed by atoms with Gasteiger partial charge in [-0.3, -0.25) is 9.59 Å². The van der Waals surface area contributed by atoms with E-state index in [1.165, 1.54) is 0 Å². The van der Waals surface area contributed by atoms with Gasteiger partial charge in [0.1, 0.15) is 12.2 Å². The number of rotatable bonds is 14. The lowest BCUT2D eigenvalue weighted by atomic mass is 10.0. The Balaban J connectivity index is 2.95. The van der Waals surface area contributed by atoms with Crippen molar-refractivity contribution >= 4 is 23.8 Å². The SMILES string of the molecule is CCCCCCC[C@@H]1CC(=O)N[C@H](CO)C(=O)O[C@H](CCCCCCC)CC(=O)N[C@H](CO)C(=O)O1. The van der Waals surface area contributed by atoms with Gasteiger partial charge in [0.05, 0.1) is 26.1 Å². The fraction of sp³-hybridized carbons (Fsp3) is 0.846. The van der Waals surface area contributed by atoms with E-state index in [9.17, 15) is 29.4 Å². The quantitative estimate of drug-likeness (QED) is 0.204. The van der Waals surface area contributed by atoms with Gasteiger partial charge in [-0.1, -0.05) is 65.2 Å². The van der Waals surface area contributed by atoms with Crippen LogP contribution >= 0.6 is 0 Å². The molecule has 1 fully saturated rings. The maximum Gasteiger partial charge on any atom is 0.331 e. The number of aliphatic hydroxyl groups is 2. The van der Waals surface area contributed by atoms with Crippen LogP contribution in [0.25, 0.3) is 0 Å². The Kier molecular flexibility index (Phi) is 16.8. The minimum atomic E-state index is -1.28. The molecule has 0 unspecified atom stereocenters. The van der Waals surface area contributed by atoms with Gasteiger partial charge in [-0.2, -0.15) is 0 Å². The number of nitrogens with one attached hydrogen (secondary N) is 2. The summed E-state index contributed by atoms with van der Waals surface area (Å²) in [7, 11) is 0. The van der Waals surface area contributed by atoms with Crippen molar-refractivity contribution in [3.05, 3.63) is 0 Å². The van der Waals surface area contributed by atoms with Crippen molar-refractivity contribution in [1.82, 2.24) is 10.6 Å². The van der Waals surface area contributed by atoms with E-state index in [4.69, 9.17) is 9.47 Å². The summed E-state index contributed by atoms with van der Waals surface area (Å²) in [6.45, 7) is 2.89. The van der Waals surface area contributed by atoms with E-state index in [2.05, 4.69) is 24.5 Å². The first kappa shape index (κ1) is 31.8. The maximum atomic E-state index is 12.7. The molecular formula is C26H46N2O8. The van der Waals surface area contributed by atoms with Gasteiger partial charge in [-0.25, -0.2) is 9.59 Å². The molecule has 0 radical (unpaired) electrons. The van der Waals surface area contributed by atoms with Gasteiger partial charge in [0.15, 0.2) is 12.1 Å². The first-order chi connectivity index (χ1) is 17.3. The van der Waals surface area contributed by atoms with E-state index < -0.39 is 61.3 Å². The van der Waals surface area contributed by atoms with Gasteiger partial charge in [0.2, 0.25) is 11.8 Å². The lowest BCUT2D eigenvalue weighted by Gasteiger charge is -2.25. The van der Waals surface area contributed by atoms with Crippen molar-refractivity contribution in [3.8, 4) is 0 Å². The number of carbonyl (C=O) groups excluding carboxylic acids is 4. The largest absolute Gasteiger partial charge is 0.460 e. The molecule has 4 N–H and O–H groups in total. The van der Waals surface area contributed by atoms with Crippen molar-refractivity contribution in [2.24, 2.45) is 0 Å². The zero-order valence-electron chi connectivity index (χ0n) is 22.0. The van der Waals surface area contributed by atoms with E-state index in [0.717, 1.165) is 64.2 Å². The Morgan fingerprint density at radius 3 is 1.33 bits per heavy atom. The standard InChI is InChI=1S/C26H46N2O8/c1-3-5-7-9-11-13-19-15-23(31)27-22(18-30)26(34)36-20(14-12-10-8-6-4-2)16-24(32)28-21(17-29)25(33)35-19/h19-22,29-30H,3-18H2,1-2H3,(H,27,31)(H,28,32)/t19-,20-,21-,22-/m1/s1. The van der Waals surface area contributed by atoms with E-state index in [-0.39, 0.29) is 12.8 Å². The highest BCUT2D eigenvalue weighted by atomic mass is 16.6. The molecule has 10 nitrogen and oxygen atoms in total. The zero-order valence-corrected chi connectivity index (χ0v) is 22.0. The molecule has 0 saturated carbocycles. The number of amides is 2. The maximum absolute atomic E-state index is 12.7. The highest BCUT2D eigenvalue weighted by molar-refractivity contribution is 5.87. The van der Waals surface area contributed by atoms with Gasteiger partial charge in [-0.15, -0.1) is 0 Å². The molecule has 1 rings (SSSR count). The molecule has 1 saturated heterocycles. The third-order valence-corrected chi connectivity index (χ3v) is 6.26. The van der Waals surface area contributed by atoms with E-state index >= 15 is 0 Å². The fourth-order valence-electron chi connectivity index (χ4n) is 4.13. The van der Waals surface area contributed by atoms with Gasteiger partial charge < -0.3 is 30.3 Å². The summed E-state index contributed by atoms with van der Waals surface area (Å²) in [6.07, 6.45) is 8.50. The van der Waals surface area contributed by atoms with Crippen LogP contribution in [-0.4, -0.2) is 71.5 Å². The third kappa shape index (κ3) is 13.2. The van der Waals surface area contributed by atoms with Crippen molar-refractivity contribution in [2.75, 3.05) is 13.2 Å². The number of esters is 2. The van der Waals surface area contributed by atoms with Crippen LogP contribution in [0, 0.1) is 0 Å². The number of hydrogen-bond donors (Lipinski definition) is 4. The summed E-state index contributed by atoms with van der Waals surface area (Å²) in [5, 5.41) is 24.3. The predicted molar refractivity (Wildman–Crippen MR) is 134 cm³/mol. The summed E-state index contributed by atoms with van der Waals surface area (Å²) >= 11 is 0. The van der Waals surface area contributed by atoms with Crippen molar-refractivity contribution in [2.45, 2.75) is 128 Å². The number of hydrogen-bond acceptors (Lipinski definition) is 8. The van der Waals surface area contributed by atoms with Gasteiger partial charge in [0.25, 0.3) is 0 Å². The van der Waals surface area contributed by atoms with Crippen molar-refractivity contribution in [1.29, 1.82) is 0 Å². The number of unbranched alkanes of at least 4 members (excludes halogenated alkanes) is 8. The summed E-state index contributed by atoms with van der Waals surface area (Å²) in [5.74, 6) is -2.76. The lowest BCUT2D eigenvalue weighted by molar-refractivity contribution is -0.160. The minimum Gasteiger partial charge on any atom is -0.460 e. The van der Waals surface area contributed by atoms with Crippen LogP contribution in [0.15, 0.2) is 0 Å². The normalized spacial score (nSPS) is 24.3. The third-order valence-electron chi connectivity index (χ3n) is 6.26. The molecule has 4 atom stereocenters. The van der Waals surface area contributed by atoms with Gasteiger partial charge >= 0.3 is 11.9 Å². The van der Waals surface area contributed by atoms with E-state index in [1.807, 2.05) is 0 Å². The first-order valence-corrected chi connectivity index (χ1v) is 13.6. The average molecular weight is 515 g/mol. The second kappa shape index (κ2) is 19.0. The van der Waals surface area contributed by atoms with Crippen LogP contribution in [0.4, 0.5) is 0 Å². The molecule has 2 amide bonds. The van der Waals surface area contributed by atoms with E-state index in [0.29, 0.717) is 12.8 Å². The Hall–Kier alpha value is -2.20. The van der Waals surface area contributed by atoms with E-state index in [1.54, 1.807) is 0 Å². The van der Waals surface area contributed by atoms with Crippen molar-refractivity contribution < 1.29 is 38.9 Å². The van der Waals surface area contributed by atoms with Gasteiger partial charge in [0, 0.05) is 0 Å². The Labute approximate surface area is 214 Å². The average Bonchev–Trinajstić information content (AvgIpc) is 2.84. The smallest absolute Gasteiger partial charge is 0.331 e. The molecule has 0 bridgehead atoms. The summed E-state index contributed by atoms with van der Waals surface area (Å²) in [5.41, 5.74) is 0. The molecule has 36 heavy (non-hydrogen) atoms. The number of ether oxygens (including phenoxy) is 2. The first-order valence-electron chi connectivity index (χ1n) is 13.6. The molecule has 0 aromatic rings. The molecule has 10 heteroatoms. The van der Waals surface area contributed by atoms with Gasteiger partial charge in [-0.05, 0) is 25.7 Å². The highest BCUT2D eigenvalue weighted by Crippen LogP contribution is 2.16. The van der Waals surface area contributed by atoms with Crippen LogP contribution in [0.1, 0.15) is 104 Å². The Bertz CT molecular complexity index is 616. The summed E-state index contributed by atoms with van der Waals surface area (Å²) in [6, 6.07) is -2.56. The molecule has 1 aliphatic heterocycles. The molecule has 1 heterocycles. The number of aliphatic hydroxyl groups excluding tert-OH is 2. The molecule has 0 spiro atoms. The second-order valence-electron chi connectivity index (χ2n) is 9.54. The highest BCUT2D eigenvalue weighted by Gasteiger charge is 2.31. The van der Waals surface area contributed by atoms with Crippen LogP contribution in [0.5, 0.6) is 0 Å². The zero-order chi connectivity index (χ0) is 26.8. The predicted octanol–water partition coefficient (Wildman–Crippen LogP) is 2.28. The topological polar surface area (TPSA) is 151 Å². The monoisotopic (exact) mass is 514 g/mol. The Morgan fingerprint density at radius 2 is 1.00 bits per heavy atom. The summed E-state index contributed by atoms with van der Waals surface area (Å²) in [4.78, 5) is 50.6. The Morgan fingerprint density at radius 1 is 0.639 bits per heavy atom. The lowest BCUT2D eigenvalue weighted by Crippen LogP contribution is -2.49. The summed E-state index contributed by atoms with van der Waals surface area (Å²) < 4.78 is 11.0. The van der Waals surface area contributed by atoms with Crippen molar-refractivity contribution in [3.63, 3.8) is 0 Å². The van der Waals surface area contributed by atoms with Crippen LogP contribution in [0.3, 0.4) is 0 Å². The minimum absolute atomic E-state index is 0.212. The molecular weight excluding hydrogens is 468 g/mol. The number of carbonyl (C=O) groups is 4.